The lowest BCUT2D eigenvalue weighted by molar-refractivity contribution is -0.193. The summed E-state index contributed by atoms with van der Waals surface area (Å²) in [5.74, 6) is -5.55. The number of aryl methyl sites for hydroxylation is 1. The van der Waals surface area contributed by atoms with Crippen molar-refractivity contribution in [2.45, 2.75) is 51.1 Å². The predicted molar refractivity (Wildman–Crippen MR) is 165 cm³/mol. The molecule has 258 valence electrons. The summed E-state index contributed by atoms with van der Waals surface area (Å²) in [6.45, 7) is 8.07. The molecule has 3 aromatic carbocycles. The van der Waals surface area contributed by atoms with Crippen LogP contribution in [0.2, 0.25) is 0 Å². The van der Waals surface area contributed by atoms with Crippen LogP contribution < -0.4 is 16.0 Å². The lowest BCUT2D eigenvalue weighted by Crippen LogP contribution is -2.37. The van der Waals surface area contributed by atoms with E-state index in [-0.39, 0.29) is 11.9 Å². The fraction of sp³-hybridized carbons (Fsp3) is 0.406. The zero-order valence-electron chi connectivity index (χ0n) is 26.0. The van der Waals surface area contributed by atoms with Gasteiger partial charge in [-0.2, -0.15) is 26.3 Å². The SMILES string of the molecule is Cc1ccc(NCCN(C)C[C@H]2CCCN2)cc1C(=O)N[C@H](C)c1cccc2ccccc12.O=C(O)C(F)(F)F.O=C(O)C(F)(F)F. The molecule has 0 aromatic heterocycles. The topological polar surface area (TPSA) is 131 Å². The molecule has 5 N–H and O–H groups in total. The minimum Gasteiger partial charge on any atom is -0.475 e. The van der Waals surface area contributed by atoms with Crippen LogP contribution in [-0.2, 0) is 9.59 Å². The van der Waals surface area contributed by atoms with Crippen LogP contribution in [0.3, 0.4) is 0 Å². The van der Waals surface area contributed by atoms with Gasteiger partial charge in [-0.25, -0.2) is 9.59 Å². The standard InChI is InChI=1S/C28H36N4O.2C2HF3O2/c1-20-13-14-23(30-16-17-32(3)19-24-10-7-15-29-24)18-27(20)28(33)31-21(2)25-12-6-9-22-8-4-5-11-26(22)25;2*3-2(4,5)1(6)7/h4-6,8-9,11-14,18,21,24,29-30H,7,10,15-17,19H2,1-3H3,(H,31,33);2*(H,6,7)/t21-,24-;;/m1../s1. The number of amides is 1. The molecule has 0 bridgehead atoms. The Bertz CT molecular complexity index is 1460. The van der Waals surface area contributed by atoms with Crippen molar-refractivity contribution < 1.29 is 50.9 Å². The first-order valence-electron chi connectivity index (χ1n) is 14.5. The molecule has 1 aliphatic heterocycles. The number of fused-ring (bicyclic) bond motifs is 1. The third-order valence-electron chi connectivity index (χ3n) is 7.12. The Morgan fingerprint density at radius 1 is 0.957 bits per heavy atom. The van der Waals surface area contributed by atoms with Gasteiger partial charge < -0.3 is 31.1 Å². The number of aliphatic carboxylic acids is 2. The number of carboxylic acids is 2. The molecule has 2 atom stereocenters. The number of nitrogens with one attached hydrogen (secondary N) is 3. The molecule has 1 aliphatic rings. The molecule has 1 saturated heterocycles. The number of carboxylic acid groups (broad SMARTS) is 2. The molecule has 1 amide bonds. The van der Waals surface area contributed by atoms with Crippen molar-refractivity contribution in [1.82, 2.24) is 15.5 Å². The van der Waals surface area contributed by atoms with E-state index in [0.29, 0.717) is 6.04 Å². The molecule has 0 aliphatic carbocycles. The van der Waals surface area contributed by atoms with Gasteiger partial charge in [0.2, 0.25) is 0 Å². The van der Waals surface area contributed by atoms with E-state index < -0.39 is 24.3 Å². The second-order valence-corrected chi connectivity index (χ2v) is 10.9. The summed E-state index contributed by atoms with van der Waals surface area (Å²) < 4.78 is 63.5. The molecule has 9 nitrogen and oxygen atoms in total. The smallest absolute Gasteiger partial charge is 0.475 e. The van der Waals surface area contributed by atoms with Crippen molar-refractivity contribution in [3.05, 3.63) is 77.4 Å². The number of benzene rings is 3. The second kappa shape index (κ2) is 17.5. The van der Waals surface area contributed by atoms with Gasteiger partial charge in [-0.15, -0.1) is 0 Å². The van der Waals surface area contributed by atoms with E-state index in [2.05, 4.69) is 64.3 Å². The Morgan fingerprint density at radius 2 is 1.55 bits per heavy atom. The highest BCUT2D eigenvalue weighted by molar-refractivity contribution is 5.97. The van der Waals surface area contributed by atoms with E-state index in [1.54, 1.807) is 0 Å². The zero-order valence-corrected chi connectivity index (χ0v) is 26.0. The lowest BCUT2D eigenvalue weighted by atomic mass is 9.99. The van der Waals surface area contributed by atoms with Crippen LogP contribution in [0, 0.1) is 6.92 Å². The van der Waals surface area contributed by atoms with Crippen molar-refractivity contribution in [2.24, 2.45) is 0 Å². The monoisotopic (exact) mass is 672 g/mol. The molecule has 1 heterocycles. The number of hydrogen-bond donors (Lipinski definition) is 5. The molecular weight excluding hydrogens is 634 g/mol. The molecule has 0 saturated carbocycles. The Balaban J connectivity index is 0.000000459. The number of anilines is 1. The first-order valence-corrected chi connectivity index (χ1v) is 14.5. The van der Waals surface area contributed by atoms with Gasteiger partial charge in [0.05, 0.1) is 6.04 Å². The van der Waals surface area contributed by atoms with Crippen LogP contribution in [0.5, 0.6) is 0 Å². The quantitative estimate of drug-likeness (QED) is 0.175. The maximum absolute atomic E-state index is 13.2. The summed E-state index contributed by atoms with van der Waals surface area (Å²) in [5, 5.41) is 26.9. The Kier molecular flexibility index (Phi) is 14.5. The molecule has 47 heavy (non-hydrogen) atoms. The number of hydrogen-bond acceptors (Lipinski definition) is 6. The first-order chi connectivity index (χ1) is 21.9. The largest absolute Gasteiger partial charge is 0.490 e. The van der Waals surface area contributed by atoms with Crippen LogP contribution in [0.4, 0.5) is 32.0 Å². The average Bonchev–Trinajstić information content (AvgIpc) is 3.50. The predicted octanol–water partition coefficient (Wildman–Crippen LogP) is 6.00. The molecular formula is C32H38F6N4O5. The number of carbonyl (C=O) groups is 3. The normalized spacial score (nSPS) is 15.1. The highest BCUT2D eigenvalue weighted by atomic mass is 19.4. The van der Waals surface area contributed by atoms with E-state index in [1.165, 1.54) is 23.6 Å². The molecule has 0 unspecified atom stereocenters. The highest BCUT2D eigenvalue weighted by Gasteiger charge is 2.38. The number of halogens is 6. The van der Waals surface area contributed by atoms with Crippen molar-refractivity contribution in [1.29, 1.82) is 0 Å². The number of nitrogens with zero attached hydrogens (tertiary/aromatic N) is 1. The summed E-state index contributed by atoms with van der Waals surface area (Å²) >= 11 is 0. The van der Waals surface area contributed by atoms with Crippen molar-refractivity contribution in [3.63, 3.8) is 0 Å². The number of rotatable bonds is 9. The van der Waals surface area contributed by atoms with E-state index in [4.69, 9.17) is 19.8 Å². The van der Waals surface area contributed by atoms with Crippen molar-refractivity contribution in [2.75, 3.05) is 38.5 Å². The van der Waals surface area contributed by atoms with Gasteiger partial charge in [-0.1, -0.05) is 48.5 Å². The summed E-state index contributed by atoms with van der Waals surface area (Å²) in [4.78, 5) is 33.3. The third kappa shape index (κ3) is 13.1. The van der Waals surface area contributed by atoms with Crippen LogP contribution in [0.1, 0.15) is 47.3 Å². The molecule has 1 fully saturated rings. The minimum absolute atomic E-state index is 0.0407. The van der Waals surface area contributed by atoms with Gasteiger partial charge in [0.15, 0.2) is 0 Å². The van der Waals surface area contributed by atoms with Crippen LogP contribution in [-0.4, -0.2) is 84.6 Å². The number of likely N-dealkylation sites (N-methyl/N-ethyl adjacent to an activating group) is 1. The van der Waals surface area contributed by atoms with Crippen LogP contribution in [0.15, 0.2) is 60.7 Å². The van der Waals surface area contributed by atoms with Gasteiger partial charge in [-0.3, -0.25) is 4.79 Å². The third-order valence-corrected chi connectivity index (χ3v) is 7.12. The van der Waals surface area contributed by atoms with Crippen LogP contribution >= 0.6 is 0 Å². The first kappa shape index (κ1) is 38.8. The average molecular weight is 673 g/mol. The van der Waals surface area contributed by atoms with Gasteiger partial charge >= 0.3 is 24.3 Å². The van der Waals surface area contributed by atoms with E-state index in [0.717, 1.165) is 48.6 Å². The summed E-state index contributed by atoms with van der Waals surface area (Å²) in [7, 11) is 2.17. The van der Waals surface area contributed by atoms with Gasteiger partial charge in [0.25, 0.3) is 5.91 Å². The lowest BCUT2D eigenvalue weighted by Gasteiger charge is -2.21. The van der Waals surface area contributed by atoms with E-state index >= 15 is 0 Å². The van der Waals surface area contributed by atoms with E-state index in [1.807, 2.05) is 38.1 Å². The molecule has 0 radical (unpaired) electrons. The van der Waals surface area contributed by atoms with Gasteiger partial charge in [-0.05, 0) is 74.3 Å². The molecule has 0 spiro atoms. The molecule has 3 aromatic rings. The number of alkyl halides is 6. The van der Waals surface area contributed by atoms with Gasteiger partial charge in [0.1, 0.15) is 0 Å². The Hall–Kier alpha value is -4.37. The summed E-state index contributed by atoms with van der Waals surface area (Å²) in [6.07, 6.45) is -7.62. The van der Waals surface area contributed by atoms with E-state index in [9.17, 15) is 31.1 Å². The van der Waals surface area contributed by atoms with Gasteiger partial charge in [0, 0.05) is 36.9 Å². The van der Waals surface area contributed by atoms with Crippen LogP contribution in [0.25, 0.3) is 10.8 Å². The molecule has 4 rings (SSSR count). The highest BCUT2D eigenvalue weighted by Crippen LogP contribution is 2.25. The van der Waals surface area contributed by atoms with Crippen molar-refractivity contribution in [3.8, 4) is 0 Å². The summed E-state index contributed by atoms with van der Waals surface area (Å²) in [6, 6.07) is 21.1. The molecule has 15 heteroatoms. The zero-order chi connectivity index (χ0) is 35.4. The number of carbonyl (C=O) groups excluding carboxylic acids is 1. The Morgan fingerprint density at radius 3 is 2.13 bits per heavy atom. The maximum Gasteiger partial charge on any atom is 0.490 e. The minimum atomic E-state index is -5.08. The fourth-order valence-corrected chi connectivity index (χ4v) is 4.73. The summed E-state index contributed by atoms with van der Waals surface area (Å²) in [5.41, 5.74) is 3.81. The van der Waals surface area contributed by atoms with Crippen molar-refractivity contribution >= 4 is 34.3 Å². The Labute approximate surface area is 267 Å². The maximum atomic E-state index is 13.2. The fourth-order valence-electron chi connectivity index (χ4n) is 4.73. The second-order valence-electron chi connectivity index (χ2n) is 10.9.